The molecule has 0 atom stereocenters. The van der Waals surface area contributed by atoms with E-state index in [9.17, 15) is 18.3 Å². The maximum Gasteiger partial charge on any atom is 0.354 e. The van der Waals surface area contributed by atoms with Gasteiger partial charge in [-0.3, -0.25) is 0 Å². The van der Waals surface area contributed by atoms with Gasteiger partial charge in [0.1, 0.15) is 12.2 Å². The lowest BCUT2D eigenvalue weighted by molar-refractivity contribution is 0.0685. The predicted molar refractivity (Wildman–Crippen MR) is 104 cm³/mol. The van der Waals surface area contributed by atoms with Crippen LogP contribution in [0, 0.1) is 18.3 Å². The molecule has 0 fully saturated rings. The van der Waals surface area contributed by atoms with E-state index in [1.54, 1.807) is 24.3 Å². The number of aromatic carboxylic acids is 1. The third-order valence-electron chi connectivity index (χ3n) is 4.27. The molecule has 0 amide bonds. The van der Waals surface area contributed by atoms with Gasteiger partial charge in [0.25, 0.3) is 0 Å². The molecule has 1 aromatic heterocycles. The van der Waals surface area contributed by atoms with E-state index >= 15 is 0 Å². The van der Waals surface area contributed by atoms with Crippen LogP contribution in [-0.4, -0.2) is 35.5 Å². The fraction of sp³-hybridized carbons (Fsp3) is 0.150. The summed E-state index contributed by atoms with van der Waals surface area (Å²) in [6, 6.07) is 15.3. The Morgan fingerprint density at radius 1 is 1.11 bits per heavy atom. The molecule has 0 aliphatic rings. The van der Waals surface area contributed by atoms with E-state index in [1.807, 2.05) is 25.1 Å². The summed E-state index contributed by atoms with van der Waals surface area (Å²) in [5.41, 5.74) is 2.89. The number of carboxylic acids is 1. The van der Waals surface area contributed by atoms with E-state index in [4.69, 9.17) is 5.26 Å². The fourth-order valence-corrected chi connectivity index (χ4v) is 3.55. The van der Waals surface area contributed by atoms with Crippen molar-refractivity contribution in [3.05, 3.63) is 59.8 Å². The minimum absolute atomic E-state index is 0.0902. The molecular weight excluding hydrogens is 378 g/mol. The fourth-order valence-electron chi connectivity index (χ4n) is 2.92. The van der Waals surface area contributed by atoms with Gasteiger partial charge in [-0.25, -0.2) is 17.9 Å². The quantitative estimate of drug-likeness (QED) is 0.710. The molecule has 0 unspecified atom stereocenters. The van der Waals surface area contributed by atoms with Crippen LogP contribution in [-0.2, 0) is 16.4 Å². The summed E-state index contributed by atoms with van der Waals surface area (Å²) < 4.78 is 24.6. The number of benzene rings is 2. The summed E-state index contributed by atoms with van der Waals surface area (Å²) >= 11 is 0. The lowest BCUT2D eigenvalue weighted by Crippen LogP contribution is -2.10. The lowest BCUT2D eigenvalue weighted by atomic mass is 9.98. The van der Waals surface area contributed by atoms with Crippen molar-refractivity contribution in [1.82, 2.24) is 9.78 Å². The first-order chi connectivity index (χ1) is 13.2. The van der Waals surface area contributed by atoms with Crippen molar-refractivity contribution < 1.29 is 18.3 Å². The molecule has 1 heterocycles. The summed E-state index contributed by atoms with van der Waals surface area (Å²) in [5, 5.41) is 23.2. The third-order valence-corrected chi connectivity index (χ3v) is 5.40. The summed E-state index contributed by atoms with van der Waals surface area (Å²) in [5.74, 6) is -1.20. The van der Waals surface area contributed by atoms with E-state index in [0.717, 1.165) is 16.5 Å². The topological polar surface area (TPSA) is 113 Å². The molecule has 1 N–H and O–H groups in total. The number of carboxylic acid groups (broad SMARTS) is 1. The van der Waals surface area contributed by atoms with Crippen LogP contribution < -0.4 is 0 Å². The van der Waals surface area contributed by atoms with Gasteiger partial charge < -0.3 is 5.11 Å². The zero-order valence-electron chi connectivity index (χ0n) is 15.2. The van der Waals surface area contributed by atoms with Gasteiger partial charge in [0.15, 0.2) is 15.5 Å². The number of aromatic nitrogens is 2. The Labute approximate surface area is 162 Å². The van der Waals surface area contributed by atoms with Crippen LogP contribution in [0.25, 0.3) is 22.4 Å². The molecule has 0 saturated carbocycles. The average Bonchev–Trinajstić information content (AvgIpc) is 3.01. The van der Waals surface area contributed by atoms with Gasteiger partial charge in [0, 0.05) is 17.4 Å². The van der Waals surface area contributed by atoms with Gasteiger partial charge in [-0.15, -0.1) is 0 Å². The third kappa shape index (κ3) is 3.66. The monoisotopic (exact) mass is 395 g/mol. The van der Waals surface area contributed by atoms with Crippen LogP contribution in [0.3, 0.4) is 0 Å². The minimum atomic E-state index is -3.36. The molecule has 2 aromatic carbocycles. The van der Waals surface area contributed by atoms with E-state index in [0.29, 0.717) is 22.4 Å². The molecule has 0 aliphatic heterocycles. The smallest absolute Gasteiger partial charge is 0.354 e. The number of nitrogens with zero attached hydrogens (tertiary/aromatic N) is 3. The van der Waals surface area contributed by atoms with Crippen LogP contribution in [0.4, 0.5) is 0 Å². The molecule has 8 heteroatoms. The second-order valence-corrected chi connectivity index (χ2v) is 8.37. The normalized spacial score (nSPS) is 11.2. The first-order valence-corrected chi connectivity index (χ1v) is 10.2. The van der Waals surface area contributed by atoms with Crippen molar-refractivity contribution in [1.29, 1.82) is 5.26 Å². The molecule has 0 aliphatic carbocycles. The summed E-state index contributed by atoms with van der Waals surface area (Å²) in [4.78, 5) is 12.1. The van der Waals surface area contributed by atoms with Gasteiger partial charge in [0.2, 0.25) is 0 Å². The van der Waals surface area contributed by atoms with Crippen molar-refractivity contribution in [2.75, 3.05) is 6.26 Å². The SMILES string of the molecule is Cc1ccc(-c2c(-c3ccc(S(C)(=O)=O)cc3)nn(CC#N)c2C(=O)O)cc1. The Bertz CT molecular complexity index is 1190. The highest BCUT2D eigenvalue weighted by Crippen LogP contribution is 2.35. The first-order valence-electron chi connectivity index (χ1n) is 8.31. The number of aryl methyl sites for hydroxylation is 1. The van der Waals surface area contributed by atoms with Crippen LogP contribution in [0.5, 0.6) is 0 Å². The van der Waals surface area contributed by atoms with Gasteiger partial charge in [-0.1, -0.05) is 42.0 Å². The number of hydrogen-bond acceptors (Lipinski definition) is 5. The second kappa shape index (κ2) is 7.29. The van der Waals surface area contributed by atoms with Gasteiger partial charge in [0.05, 0.1) is 11.0 Å². The van der Waals surface area contributed by atoms with Crippen molar-refractivity contribution in [2.45, 2.75) is 18.4 Å². The minimum Gasteiger partial charge on any atom is -0.477 e. The Morgan fingerprint density at radius 2 is 1.68 bits per heavy atom. The largest absolute Gasteiger partial charge is 0.477 e. The van der Waals surface area contributed by atoms with Crippen molar-refractivity contribution in [3.63, 3.8) is 0 Å². The highest BCUT2D eigenvalue weighted by Gasteiger charge is 2.25. The number of nitriles is 1. The van der Waals surface area contributed by atoms with Crippen LogP contribution >= 0.6 is 0 Å². The molecule has 3 aromatic rings. The average molecular weight is 395 g/mol. The number of hydrogen-bond donors (Lipinski definition) is 1. The first kappa shape index (κ1) is 19.3. The number of sulfone groups is 1. The van der Waals surface area contributed by atoms with E-state index in [-0.39, 0.29) is 17.1 Å². The Morgan fingerprint density at radius 3 is 2.18 bits per heavy atom. The summed E-state index contributed by atoms with van der Waals surface area (Å²) in [6.07, 6.45) is 1.11. The molecular formula is C20H17N3O4S. The van der Waals surface area contributed by atoms with Crippen molar-refractivity contribution in [2.24, 2.45) is 0 Å². The Hall–Kier alpha value is -3.44. The van der Waals surface area contributed by atoms with E-state index in [2.05, 4.69) is 5.10 Å². The molecule has 0 saturated heterocycles. The zero-order valence-corrected chi connectivity index (χ0v) is 16.1. The molecule has 3 rings (SSSR count). The van der Waals surface area contributed by atoms with Gasteiger partial charge >= 0.3 is 5.97 Å². The Balaban J connectivity index is 2.28. The molecule has 0 bridgehead atoms. The maximum atomic E-state index is 11.9. The highest BCUT2D eigenvalue weighted by molar-refractivity contribution is 7.90. The summed E-state index contributed by atoms with van der Waals surface area (Å²) in [7, 11) is -3.36. The van der Waals surface area contributed by atoms with Crippen LogP contribution in [0.2, 0.25) is 0 Å². The second-order valence-electron chi connectivity index (χ2n) is 6.36. The zero-order chi connectivity index (χ0) is 20.5. The molecule has 142 valence electrons. The molecule has 0 spiro atoms. The summed E-state index contributed by atoms with van der Waals surface area (Å²) in [6.45, 7) is 1.70. The van der Waals surface area contributed by atoms with Crippen molar-refractivity contribution >= 4 is 15.8 Å². The number of carbonyl (C=O) groups is 1. The molecule has 0 radical (unpaired) electrons. The van der Waals surface area contributed by atoms with Crippen molar-refractivity contribution in [3.8, 4) is 28.5 Å². The maximum absolute atomic E-state index is 11.9. The van der Waals surface area contributed by atoms with Gasteiger partial charge in [-0.2, -0.15) is 10.4 Å². The standard InChI is InChI=1S/C20H17N3O4S/c1-13-3-5-14(6-4-13)17-18(22-23(12-11-21)19(17)20(24)25)15-7-9-16(10-8-15)28(2,26)27/h3-10H,12H2,1-2H3,(H,24,25). The van der Waals surface area contributed by atoms with E-state index in [1.165, 1.54) is 12.1 Å². The highest BCUT2D eigenvalue weighted by atomic mass is 32.2. The lowest BCUT2D eigenvalue weighted by Gasteiger charge is -2.06. The van der Waals surface area contributed by atoms with Crippen LogP contribution in [0.1, 0.15) is 16.1 Å². The molecule has 28 heavy (non-hydrogen) atoms. The molecule has 7 nitrogen and oxygen atoms in total. The predicted octanol–water partition coefficient (Wildman–Crippen LogP) is 3.15. The Kier molecular flexibility index (Phi) is 5.03. The van der Waals surface area contributed by atoms with Crippen LogP contribution in [0.15, 0.2) is 53.4 Å². The van der Waals surface area contributed by atoms with Gasteiger partial charge in [-0.05, 0) is 24.6 Å². The van der Waals surface area contributed by atoms with E-state index < -0.39 is 15.8 Å². The number of rotatable bonds is 5.